The largest absolute Gasteiger partial charge is 0.349 e. The van der Waals surface area contributed by atoms with Gasteiger partial charge < -0.3 is 10.2 Å². The van der Waals surface area contributed by atoms with E-state index in [0.717, 1.165) is 12.1 Å². The Bertz CT molecular complexity index is 420. The molecular weight excluding hydrogens is 242 g/mol. The van der Waals surface area contributed by atoms with E-state index in [4.69, 9.17) is 0 Å². The Morgan fingerprint density at radius 2 is 2.16 bits per heavy atom. The van der Waals surface area contributed by atoms with E-state index in [1.54, 1.807) is 11.1 Å². The van der Waals surface area contributed by atoms with Crippen LogP contribution in [0.4, 0.5) is 0 Å². The van der Waals surface area contributed by atoms with Gasteiger partial charge in [-0.1, -0.05) is 13.0 Å². The zero-order valence-corrected chi connectivity index (χ0v) is 11.7. The van der Waals surface area contributed by atoms with Crippen molar-refractivity contribution < 1.29 is 9.59 Å². The number of aromatic nitrogens is 1. The molecular formula is C14H21N3O2. The van der Waals surface area contributed by atoms with E-state index in [1.807, 2.05) is 32.0 Å². The second kappa shape index (κ2) is 7.51. The summed E-state index contributed by atoms with van der Waals surface area (Å²) >= 11 is 0. The molecule has 19 heavy (non-hydrogen) atoms. The van der Waals surface area contributed by atoms with Gasteiger partial charge in [0.05, 0.1) is 18.8 Å². The third-order valence-corrected chi connectivity index (χ3v) is 3.03. The minimum absolute atomic E-state index is 0.0677. The summed E-state index contributed by atoms with van der Waals surface area (Å²) in [7, 11) is 0. The summed E-state index contributed by atoms with van der Waals surface area (Å²) < 4.78 is 0. The normalized spacial score (nSPS) is 11.7. The highest BCUT2D eigenvalue weighted by Gasteiger charge is 2.18. The van der Waals surface area contributed by atoms with Crippen LogP contribution < -0.4 is 5.32 Å². The predicted octanol–water partition coefficient (Wildman–Crippen LogP) is 1.34. The maximum Gasteiger partial charge on any atom is 0.239 e. The van der Waals surface area contributed by atoms with Crippen molar-refractivity contribution in [2.45, 2.75) is 39.8 Å². The number of hydrogen-bond donors (Lipinski definition) is 1. The molecule has 0 saturated heterocycles. The quantitative estimate of drug-likeness (QED) is 0.842. The molecule has 5 nitrogen and oxygen atoms in total. The number of amides is 2. The van der Waals surface area contributed by atoms with E-state index in [-0.39, 0.29) is 24.4 Å². The van der Waals surface area contributed by atoms with Crippen molar-refractivity contribution >= 4 is 11.8 Å². The van der Waals surface area contributed by atoms with Crippen LogP contribution in [0, 0.1) is 0 Å². The van der Waals surface area contributed by atoms with Gasteiger partial charge in [0.15, 0.2) is 0 Å². The summed E-state index contributed by atoms with van der Waals surface area (Å²) in [5.74, 6) is -0.247. The molecule has 1 unspecified atom stereocenters. The molecule has 0 spiro atoms. The van der Waals surface area contributed by atoms with E-state index in [1.165, 1.54) is 6.92 Å². The molecule has 0 aliphatic rings. The van der Waals surface area contributed by atoms with Gasteiger partial charge in [-0.25, -0.2) is 0 Å². The average Bonchev–Trinajstić information content (AvgIpc) is 2.42. The summed E-state index contributed by atoms with van der Waals surface area (Å²) in [6.45, 7) is 5.89. The molecule has 0 radical (unpaired) electrons. The second-order valence-corrected chi connectivity index (χ2v) is 4.50. The molecule has 2 amide bonds. The summed E-state index contributed by atoms with van der Waals surface area (Å²) in [5.41, 5.74) is 0.800. The Balaban J connectivity index is 2.47. The summed E-state index contributed by atoms with van der Waals surface area (Å²) in [6, 6.07) is 5.61. The molecule has 1 N–H and O–H groups in total. The zero-order valence-electron chi connectivity index (χ0n) is 11.7. The van der Waals surface area contributed by atoms with Crippen LogP contribution >= 0.6 is 0 Å². The van der Waals surface area contributed by atoms with E-state index in [2.05, 4.69) is 10.3 Å². The second-order valence-electron chi connectivity index (χ2n) is 4.50. The smallest absolute Gasteiger partial charge is 0.239 e. The Kier molecular flexibility index (Phi) is 5.99. The van der Waals surface area contributed by atoms with Gasteiger partial charge in [0.1, 0.15) is 0 Å². The molecule has 1 aromatic heterocycles. The topological polar surface area (TPSA) is 62.3 Å². The van der Waals surface area contributed by atoms with Crippen LogP contribution in [0.3, 0.4) is 0 Å². The Hall–Kier alpha value is -1.91. The highest BCUT2D eigenvalue weighted by Crippen LogP contribution is 2.03. The van der Waals surface area contributed by atoms with Crippen molar-refractivity contribution in [2.75, 3.05) is 6.54 Å². The third-order valence-electron chi connectivity index (χ3n) is 3.03. The van der Waals surface area contributed by atoms with E-state index >= 15 is 0 Å². The van der Waals surface area contributed by atoms with E-state index in [0.29, 0.717) is 6.54 Å². The molecule has 0 bridgehead atoms. The van der Waals surface area contributed by atoms with Gasteiger partial charge in [-0.05, 0) is 25.5 Å². The van der Waals surface area contributed by atoms with Crippen LogP contribution in [0.25, 0.3) is 0 Å². The van der Waals surface area contributed by atoms with Gasteiger partial charge in [-0.2, -0.15) is 0 Å². The Morgan fingerprint density at radius 1 is 1.42 bits per heavy atom. The van der Waals surface area contributed by atoms with Gasteiger partial charge in [0, 0.05) is 19.2 Å². The number of rotatable bonds is 6. The fourth-order valence-corrected chi connectivity index (χ4v) is 1.70. The first-order chi connectivity index (χ1) is 9.04. The molecule has 1 heterocycles. The lowest BCUT2D eigenvalue weighted by Crippen LogP contribution is -2.44. The monoisotopic (exact) mass is 263 g/mol. The SMILES string of the molecule is CCC(C)N(CC(=O)NCc1ccccn1)C(C)=O. The van der Waals surface area contributed by atoms with Crippen LogP contribution in [-0.4, -0.2) is 34.3 Å². The van der Waals surface area contributed by atoms with Crippen molar-refractivity contribution in [1.82, 2.24) is 15.2 Å². The van der Waals surface area contributed by atoms with Gasteiger partial charge in [-0.15, -0.1) is 0 Å². The molecule has 104 valence electrons. The maximum atomic E-state index is 11.8. The van der Waals surface area contributed by atoms with Crippen molar-refractivity contribution in [3.8, 4) is 0 Å². The number of nitrogens with one attached hydrogen (secondary N) is 1. The predicted molar refractivity (Wildman–Crippen MR) is 73.2 cm³/mol. The zero-order chi connectivity index (χ0) is 14.3. The van der Waals surface area contributed by atoms with Gasteiger partial charge in [-0.3, -0.25) is 14.6 Å². The van der Waals surface area contributed by atoms with Crippen molar-refractivity contribution in [3.63, 3.8) is 0 Å². The van der Waals surface area contributed by atoms with Crippen LogP contribution in [0.15, 0.2) is 24.4 Å². The molecule has 0 aromatic carbocycles. The molecule has 0 fully saturated rings. The van der Waals surface area contributed by atoms with Crippen LogP contribution in [-0.2, 0) is 16.1 Å². The molecule has 1 aromatic rings. The van der Waals surface area contributed by atoms with E-state index in [9.17, 15) is 9.59 Å². The first-order valence-corrected chi connectivity index (χ1v) is 6.48. The molecule has 0 saturated carbocycles. The highest BCUT2D eigenvalue weighted by molar-refractivity contribution is 5.83. The van der Waals surface area contributed by atoms with Crippen LogP contribution in [0.5, 0.6) is 0 Å². The number of pyridine rings is 1. The van der Waals surface area contributed by atoms with Gasteiger partial charge in [0.25, 0.3) is 0 Å². The minimum atomic E-state index is -0.166. The first-order valence-electron chi connectivity index (χ1n) is 6.48. The van der Waals surface area contributed by atoms with Crippen molar-refractivity contribution in [3.05, 3.63) is 30.1 Å². The summed E-state index contributed by atoms with van der Waals surface area (Å²) in [6.07, 6.45) is 2.51. The van der Waals surface area contributed by atoms with E-state index < -0.39 is 0 Å². The Morgan fingerprint density at radius 3 is 2.68 bits per heavy atom. The molecule has 0 aliphatic heterocycles. The number of hydrogen-bond acceptors (Lipinski definition) is 3. The molecule has 1 rings (SSSR count). The van der Waals surface area contributed by atoms with Crippen molar-refractivity contribution in [2.24, 2.45) is 0 Å². The van der Waals surface area contributed by atoms with Crippen LogP contribution in [0.2, 0.25) is 0 Å². The Labute approximate surface area is 114 Å². The number of carbonyl (C=O) groups is 2. The molecule has 5 heteroatoms. The molecule has 1 atom stereocenters. The average molecular weight is 263 g/mol. The first kappa shape index (κ1) is 15.1. The van der Waals surface area contributed by atoms with Gasteiger partial charge in [0.2, 0.25) is 11.8 Å². The minimum Gasteiger partial charge on any atom is -0.349 e. The lowest BCUT2D eigenvalue weighted by molar-refractivity contribution is -0.136. The van der Waals surface area contributed by atoms with Gasteiger partial charge >= 0.3 is 0 Å². The third kappa shape index (κ3) is 5.07. The standard InChI is InChI=1S/C14H21N3O2/c1-4-11(2)17(12(3)18)10-14(19)16-9-13-7-5-6-8-15-13/h5-8,11H,4,9-10H2,1-3H3,(H,16,19). The highest BCUT2D eigenvalue weighted by atomic mass is 16.2. The lowest BCUT2D eigenvalue weighted by atomic mass is 10.2. The fourth-order valence-electron chi connectivity index (χ4n) is 1.70. The summed E-state index contributed by atoms with van der Waals surface area (Å²) in [4.78, 5) is 29.0. The molecule has 0 aliphatic carbocycles. The van der Waals surface area contributed by atoms with Crippen LogP contribution in [0.1, 0.15) is 32.9 Å². The maximum absolute atomic E-state index is 11.8. The fraction of sp³-hybridized carbons (Fsp3) is 0.500. The summed E-state index contributed by atoms with van der Waals surface area (Å²) in [5, 5.41) is 2.77. The lowest BCUT2D eigenvalue weighted by Gasteiger charge is -2.26. The number of carbonyl (C=O) groups excluding carboxylic acids is 2. The number of nitrogens with zero attached hydrogens (tertiary/aromatic N) is 2. The van der Waals surface area contributed by atoms with Crippen molar-refractivity contribution in [1.29, 1.82) is 0 Å².